The van der Waals surface area contributed by atoms with Gasteiger partial charge in [-0.15, -0.1) is 0 Å². The molecule has 0 bridgehead atoms. The molecule has 0 atom stereocenters. The zero-order valence-electron chi connectivity index (χ0n) is 12.2. The predicted molar refractivity (Wildman–Crippen MR) is 76.0 cm³/mol. The molecule has 1 N–H and O–H groups in total. The molecule has 0 amide bonds. The predicted octanol–water partition coefficient (Wildman–Crippen LogP) is 2.99. The van der Waals surface area contributed by atoms with E-state index in [2.05, 4.69) is 19.2 Å². The second kappa shape index (κ2) is 10.8. The summed E-state index contributed by atoms with van der Waals surface area (Å²) in [7, 11) is 0. The summed E-state index contributed by atoms with van der Waals surface area (Å²) < 4.78 is 11.0. The van der Waals surface area contributed by atoms with Crippen LogP contribution in [-0.4, -0.2) is 39.0 Å². The van der Waals surface area contributed by atoms with E-state index >= 15 is 0 Å². The summed E-state index contributed by atoms with van der Waals surface area (Å²) in [4.78, 5) is 0. The summed E-state index contributed by atoms with van der Waals surface area (Å²) in [6.45, 7) is 8.67. The molecule has 18 heavy (non-hydrogen) atoms. The summed E-state index contributed by atoms with van der Waals surface area (Å²) in [6.07, 6.45) is 7.78. The van der Waals surface area contributed by atoms with Crippen molar-refractivity contribution in [3.05, 3.63) is 0 Å². The molecular formula is C15H31NO2. The van der Waals surface area contributed by atoms with E-state index in [1.54, 1.807) is 0 Å². The van der Waals surface area contributed by atoms with Crippen molar-refractivity contribution in [1.29, 1.82) is 0 Å². The van der Waals surface area contributed by atoms with Crippen LogP contribution in [0.5, 0.6) is 0 Å². The van der Waals surface area contributed by atoms with Crippen LogP contribution in [-0.2, 0) is 9.47 Å². The Balaban J connectivity index is 1.78. The molecule has 108 valence electrons. The first kappa shape index (κ1) is 15.9. The molecule has 0 aromatic carbocycles. The van der Waals surface area contributed by atoms with Crippen LogP contribution in [0.1, 0.15) is 52.4 Å². The van der Waals surface area contributed by atoms with Gasteiger partial charge in [0.05, 0.1) is 19.8 Å². The van der Waals surface area contributed by atoms with Crippen molar-refractivity contribution in [3.8, 4) is 0 Å². The van der Waals surface area contributed by atoms with Crippen molar-refractivity contribution in [3.63, 3.8) is 0 Å². The lowest BCUT2D eigenvalue weighted by molar-refractivity contribution is 0.0467. The lowest BCUT2D eigenvalue weighted by Crippen LogP contribution is -2.35. The van der Waals surface area contributed by atoms with Gasteiger partial charge in [0.25, 0.3) is 0 Å². The Morgan fingerprint density at radius 1 is 0.944 bits per heavy atom. The van der Waals surface area contributed by atoms with Crippen LogP contribution < -0.4 is 5.32 Å². The maximum absolute atomic E-state index is 5.54. The molecule has 3 heteroatoms. The third-order valence-corrected chi connectivity index (χ3v) is 3.71. The zero-order chi connectivity index (χ0) is 13.1. The zero-order valence-corrected chi connectivity index (χ0v) is 12.2. The van der Waals surface area contributed by atoms with Gasteiger partial charge >= 0.3 is 0 Å². The Morgan fingerprint density at radius 2 is 1.61 bits per heavy atom. The van der Waals surface area contributed by atoms with Gasteiger partial charge in [0.1, 0.15) is 0 Å². The molecule has 0 aliphatic heterocycles. The molecule has 0 heterocycles. The number of nitrogens with one attached hydrogen (secondary N) is 1. The second-order valence-electron chi connectivity index (χ2n) is 5.49. The van der Waals surface area contributed by atoms with Crippen LogP contribution in [0.3, 0.4) is 0 Å². The van der Waals surface area contributed by atoms with E-state index in [-0.39, 0.29) is 0 Å². The second-order valence-corrected chi connectivity index (χ2v) is 5.49. The average molecular weight is 257 g/mol. The number of hydrogen-bond acceptors (Lipinski definition) is 3. The lowest BCUT2D eigenvalue weighted by atomic mass is 9.87. The fraction of sp³-hybridized carbons (Fsp3) is 1.00. The Bertz CT molecular complexity index is 179. The molecule has 0 saturated heterocycles. The molecule has 1 aliphatic rings. The van der Waals surface area contributed by atoms with E-state index in [9.17, 15) is 0 Å². The quantitative estimate of drug-likeness (QED) is 0.610. The monoisotopic (exact) mass is 257 g/mol. The fourth-order valence-electron chi connectivity index (χ4n) is 2.37. The number of hydrogen-bond donors (Lipinski definition) is 1. The molecule has 1 fully saturated rings. The third-order valence-electron chi connectivity index (χ3n) is 3.71. The van der Waals surface area contributed by atoms with Gasteiger partial charge < -0.3 is 14.8 Å². The van der Waals surface area contributed by atoms with Crippen LogP contribution in [0.25, 0.3) is 0 Å². The van der Waals surface area contributed by atoms with Gasteiger partial charge in [0, 0.05) is 19.2 Å². The molecule has 3 nitrogen and oxygen atoms in total. The van der Waals surface area contributed by atoms with Crippen LogP contribution in [0.2, 0.25) is 0 Å². The van der Waals surface area contributed by atoms with Gasteiger partial charge in [-0.25, -0.2) is 0 Å². The highest BCUT2D eigenvalue weighted by atomic mass is 16.5. The van der Waals surface area contributed by atoms with Crippen molar-refractivity contribution < 1.29 is 9.47 Å². The Hall–Kier alpha value is -0.120. The van der Waals surface area contributed by atoms with E-state index in [1.165, 1.54) is 32.1 Å². The van der Waals surface area contributed by atoms with E-state index in [0.29, 0.717) is 0 Å². The number of rotatable bonds is 10. The van der Waals surface area contributed by atoms with Crippen molar-refractivity contribution in [1.82, 2.24) is 5.32 Å². The molecule has 0 aromatic heterocycles. The van der Waals surface area contributed by atoms with Crippen LogP contribution in [0, 0.1) is 5.92 Å². The SMILES string of the molecule is CCCCOCCOCCNC1CCC(C)CC1. The van der Waals surface area contributed by atoms with E-state index in [1.807, 2.05) is 0 Å². The first-order valence-electron chi connectivity index (χ1n) is 7.71. The minimum Gasteiger partial charge on any atom is -0.379 e. The molecule has 0 aromatic rings. The highest BCUT2D eigenvalue weighted by Gasteiger charge is 2.16. The Kier molecular flexibility index (Phi) is 9.54. The standard InChI is InChI=1S/C15H31NO2/c1-3-4-10-17-12-13-18-11-9-16-15-7-5-14(2)6-8-15/h14-16H,3-13H2,1-2H3. The van der Waals surface area contributed by atoms with Crippen molar-refractivity contribution >= 4 is 0 Å². The summed E-state index contributed by atoms with van der Waals surface area (Å²) in [5, 5.41) is 3.59. The lowest BCUT2D eigenvalue weighted by Gasteiger charge is -2.26. The summed E-state index contributed by atoms with van der Waals surface area (Å²) in [6, 6.07) is 0.727. The van der Waals surface area contributed by atoms with Gasteiger partial charge in [-0.3, -0.25) is 0 Å². The maximum Gasteiger partial charge on any atom is 0.0701 e. The van der Waals surface area contributed by atoms with Gasteiger partial charge in [0.15, 0.2) is 0 Å². The highest BCUT2D eigenvalue weighted by molar-refractivity contribution is 4.74. The normalized spacial score (nSPS) is 24.3. The van der Waals surface area contributed by atoms with E-state index in [4.69, 9.17) is 9.47 Å². The Morgan fingerprint density at radius 3 is 2.28 bits per heavy atom. The average Bonchev–Trinajstić information content (AvgIpc) is 2.39. The molecule has 0 radical (unpaired) electrons. The van der Waals surface area contributed by atoms with Crippen molar-refractivity contribution in [2.45, 2.75) is 58.4 Å². The smallest absolute Gasteiger partial charge is 0.0701 e. The van der Waals surface area contributed by atoms with Gasteiger partial charge in [-0.1, -0.05) is 20.3 Å². The summed E-state index contributed by atoms with van der Waals surface area (Å²) in [5.74, 6) is 0.930. The summed E-state index contributed by atoms with van der Waals surface area (Å²) >= 11 is 0. The van der Waals surface area contributed by atoms with Crippen LogP contribution in [0.15, 0.2) is 0 Å². The van der Waals surface area contributed by atoms with Gasteiger partial charge in [0.2, 0.25) is 0 Å². The molecular weight excluding hydrogens is 226 g/mol. The highest BCUT2D eigenvalue weighted by Crippen LogP contribution is 2.23. The number of ether oxygens (including phenoxy) is 2. The van der Waals surface area contributed by atoms with Crippen molar-refractivity contribution in [2.24, 2.45) is 5.92 Å². The largest absolute Gasteiger partial charge is 0.379 e. The number of unbranched alkanes of at least 4 members (excludes halogenated alkanes) is 1. The first-order valence-corrected chi connectivity index (χ1v) is 7.71. The third kappa shape index (κ3) is 8.06. The molecule has 0 unspecified atom stereocenters. The molecule has 1 aliphatic carbocycles. The molecule has 1 saturated carbocycles. The molecule has 0 spiro atoms. The van der Waals surface area contributed by atoms with E-state index in [0.717, 1.165) is 51.4 Å². The fourth-order valence-corrected chi connectivity index (χ4v) is 2.37. The topological polar surface area (TPSA) is 30.5 Å². The minimum absolute atomic E-state index is 0.727. The maximum atomic E-state index is 5.54. The van der Waals surface area contributed by atoms with Crippen molar-refractivity contribution in [2.75, 3.05) is 33.0 Å². The summed E-state index contributed by atoms with van der Waals surface area (Å²) in [5.41, 5.74) is 0. The minimum atomic E-state index is 0.727. The first-order chi connectivity index (χ1) is 8.83. The molecule has 1 rings (SSSR count). The van der Waals surface area contributed by atoms with Gasteiger partial charge in [-0.05, 0) is 38.0 Å². The Labute approximate surface area is 113 Å². The van der Waals surface area contributed by atoms with Crippen LogP contribution >= 0.6 is 0 Å². The van der Waals surface area contributed by atoms with Crippen LogP contribution in [0.4, 0.5) is 0 Å². The van der Waals surface area contributed by atoms with Gasteiger partial charge in [-0.2, -0.15) is 0 Å². The van der Waals surface area contributed by atoms with E-state index < -0.39 is 0 Å².